The van der Waals surface area contributed by atoms with Crippen LogP contribution in [0.1, 0.15) is 31.9 Å². The molecule has 19 heavy (non-hydrogen) atoms. The summed E-state index contributed by atoms with van der Waals surface area (Å²) in [5.74, 6) is 0. The fourth-order valence-corrected chi connectivity index (χ4v) is 2.60. The third-order valence-corrected chi connectivity index (χ3v) is 4.10. The fourth-order valence-electron chi connectivity index (χ4n) is 2.14. The number of aromatic nitrogens is 1. The van der Waals surface area contributed by atoms with Crippen LogP contribution in [0.2, 0.25) is 0 Å². The minimum atomic E-state index is -0.0829. The second-order valence-electron chi connectivity index (χ2n) is 4.75. The molecule has 0 aliphatic rings. The predicted octanol–water partition coefficient (Wildman–Crippen LogP) is 3.42. The molecule has 0 saturated carbocycles. The van der Waals surface area contributed by atoms with Crippen molar-refractivity contribution in [3.63, 3.8) is 0 Å². The van der Waals surface area contributed by atoms with Crippen molar-refractivity contribution < 1.29 is 5.11 Å². The molecule has 0 bridgehead atoms. The fraction of sp³-hybridized carbons (Fsp3) is 0.400. The number of rotatable bonds is 5. The molecule has 0 radical (unpaired) electrons. The van der Waals surface area contributed by atoms with Crippen LogP contribution < -0.4 is 5.32 Å². The molecule has 2 N–H and O–H groups in total. The molecule has 0 fully saturated rings. The SMILES string of the molecule is CCC(C)NC(CO)c1ccc(Br)c2cccnc12. The van der Waals surface area contributed by atoms with E-state index in [-0.39, 0.29) is 12.6 Å². The van der Waals surface area contributed by atoms with Crippen LogP contribution in [0.4, 0.5) is 0 Å². The quantitative estimate of drug-likeness (QED) is 0.886. The van der Waals surface area contributed by atoms with Gasteiger partial charge >= 0.3 is 0 Å². The lowest BCUT2D eigenvalue weighted by Gasteiger charge is -2.22. The van der Waals surface area contributed by atoms with Gasteiger partial charge in [0.2, 0.25) is 0 Å². The number of pyridine rings is 1. The summed E-state index contributed by atoms with van der Waals surface area (Å²) in [5, 5.41) is 14.2. The molecular formula is C15H19BrN2O. The minimum Gasteiger partial charge on any atom is -0.394 e. The number of fused-ring (bicyclic) bond motifs is 1. The Morgan fingerprint density at radius 2 is 2.16 bits per heavy atom. The van der Waals surface area contributed by atoms with Gasteiger partial charge in [0.15, 0.2) is 0 Å². The Morgan fingerprint density at radius 3 is 2.84 bits per heavy atom. The normalized spacial score (nSPS) is 14.5. The standard InChI is InChI=1S/C15H19BrN2O/c1-3-10(2)18-14(9-19)12-6-7-13(16)11-5-4-8-17-15(11)12/h4-8,10,14,18-19H,3,9H2,1-2H3. The van der Waals surface area contributed by atoms with Gasteiger partial charge in [-0.25, -0.2) is 0 Å². The Balaban J connectivity index is 2.46. The highest BCUT2D eigenvalue weighted by molar-refractivity contribution is 9.10. The molecule has 0 aliphatic carbocycles. The second-order valence-corrected chi connectivity index (χ2v) is 5.60. The molecule has 2 unspecified atom stereocenters. The average molecular weight is 323 g/mol. The predicted molar refractivity (Wildman–Crippen MR) is 82.2 cm³/mol. The first-order valence-corrected chi connectivity index (χ1v) is 7.36. The number of aliphatic hydroxyl groups excluding tert-OH is 1. The minimum absolute atomic E-state index is 0.0671. The van der Waals surface area contributed by atoms with Crippen LogP contribution in [0, 0.1) is 0 Å². The summed E-state index contributed by atoms with van der Waals surface area (Å²) in [7, 11) is 0. The van der Waals surface area contributed by atoms with Gasteiger partial charge in [-0.3, -0.25) is 4.98 Å². The molecule has 0 aliphatic heterocycles. The van der Waals surface area contributed by atoms with E-state index >= 15 is 0 Å². The van der Waals surface area contributed by atoms with E-state index in [1.54, 1.807) is 6.20 Å². The van der Waals surface area contributed by atoms with Crippen molar-refractivity contribution in [3.05, 3.63) is 40.5 Å². The zero-order valence-corrected chi connectivity index (χ0v) is 12.8. The van der Waals surface area contributed by atoms with Gasteiger partial charge in [0.05, 0.1) is 18.2 Å². The van der Waals surface area contributed by atoms with Gasteiger partial charge in [-0.1, -0.05) is 35.0 Å². The summed E-state index contributed by atoms with van der Waals surface area (Å²) >= 11 is 3.54. The molecule has 1 aromatic heterocycles. The van der Waals surface area contributed by atoms with Crippen LogP contribution in [-0.2, 0) is 0 Å². The Hall–Kier alpha value is -0.970. The molecule has 2 aromatic rings. The summed E-state index contributed by atoms with van der Waals surface area (Å²) < 4.78 is 1.03. The van der Waals surface area contributed by atoms with Crippen molar-refractivity contribution >= 4 is 26.8 Å². The van der Waals surface area contributed by atoms with Crippen molar-refractivity contribution in [2.45, 2.75) is 32.4 Å². The first kappa shape index (κ1) is 14.4. The second kappa shape index (κ2) is 6.46. The van der Waals surface area contributed by atoms with Crippen LogP contribution in [0.25, 0.3) is 10.9 Å². The zero-order valence-electron chi connectivity index (χ0n) is 11.2. The van der Waals surface area contributed by atoms with Gasteiger partial charge in [0, 0.05) is 22.1 Å². The number of halogens is 1. The van der Waals surface area contributed by atoms with Gasteiger partial charge in [-0.05, 0) is 31.0 Å². The molecular weight excluding hydrogens is 304 g/mol. The van der Waals surface area contributed by atoms with E-state index in [4.69, 9.17) is 0 Å². The lowest BCUT2D eigenvalue weighted by atomic mass is 10.0. The molecule has 2 atom stereocenters. The topological polar surface area (TPSA) is 45.1 Å². The summed E-state index contributed by atoms with van der Waals surface area (Å²) in [4.78, 5) is 4.46. The molecule has 1 heterocycles. The van der Waals surface area contributed by atoms with Gasteiger partial charge in [-0.15, -0.1) is 0 Å². The van der Waals surface area contributed by atoms with Gasteiger partial charge in [0.1, 0.15) is 0 Å². The average Bonchev–Trinajstić information content (AvgIpc) is 2.45. The largest absolute Gasteiger partial charge is 0.394 e. The maximum Gasteiger partial charge on any atom is 0.0761 e. The number of hydrogen-bond donors (Lipinski definition) is 2. The van der Waals surface area contributed by atoms with Crippen LogP contribution in [0.5, 0.6) is 0 Å². The summed E-state index contributed by atoms with van der Waals surface area (Å²) in [6.07, 6.45) is 2.81. The van der Waals surface area contributed by atoms with Gasteiger partial charge in [-0.2, -0.15) is 0 Å². The van der Waals surface area contributed by atoms with Crippen molar-refractivity contribution in [2.75, 3.05) is 6.61 Å². The van der Waals surface area contributed by atoms with Crippen molar-refractivity contribution in [1.29, 1.82) is 0 Å². The lowest BCUT2D eigenvalue weighted by Crippen LogP contribution is -2.32. The molecule has 0 amide bonds. The van der Waals surface area contributed by atoms with Crippen molar-refractivity contribution in [1.82, 2.24) is 10.3 Å². The summed E-state index contributed by atoms with van der Waals surface area (Å²) in [6, 6.07) is 8.27. The Morgan fingerprint density at radius 1 is 1.37 bits per heavy atom. The van der Waals surface area contributed by atoms with E-state index in [9.17, 15) is 5.11 Å². The van der Waals surface area contributed by atoms with E-state index in [0.717, 1.165) is 27.4 Å². The first-order valence-electron chi connectivity index (χ1n) is 6.57. The monoisotopic (exact) mass is 322 g/mol. The van der Waals surface area contributed by atoms with E-state index in [2.05, 4.69) is 40.1 Å². The highest BCUT2D eigenvalue weighted by atomic mass is 79.9. The maximum absolute atomic E-state index is 9.65. The summed E-state index contributed by atoms with van der Waals surface area (Å²) in [6.45, 7) is 4.32. The van der Waals surface area contributed by atoms with Crippen molar-refractivity contribution in [2.24, 2.45) is 0 Å². The van der Waals surface area contributed by atoms with Gasteiger partial charge in [0.25, 0.3) is 0 Å². The highest BCUT2D eigenvalue weighted by Crippen LogP contribution is 2.28. The Labute approximate surface area is 122 Å². The van der Waals surface area contributed by atoms with E-state index < -0.39 is 0 Å². The van der Waals surface area contributed by atoms with E-state index in [1.807, 2.05) is 24.3 Å². The number of nitrogens with one attached hydrogen (secondary N) is 1. The zero-order chi connectivity index (χ0) is 13.8. The summed E-state index contributed by atoms with van der Waals surface area (Å²) in [5.41, 5.74) is 1.98. The van der Waals surface area contributed by atoms with Gasteiger partial charge < -0.3 is 10.4 Å². The van der Waals surface area contributed by atoms with E-state index in [1.165, 1.54) is 0 Å². The number of benzene rings is 1. The van der Waals surface area contributed by atoms with Crippen molar-refractivity contribution in [3.8, 4) is 0 Å². The third kappa shape index (κ3) is 3.14. The highest BCUT2D eigenvalue weighted by Gasteiger charge is 2.16. The molecule has 102 valence electrons. The molecule has 3 nitrogen and oxygen atoms in total. The third-order valence-electron chi connectivity index (χ3n) is 3.40. The van der Waals surface area contributed by atoms with Crippen LogP contribution in [0.15, 0.2) is 34.9 Å². The lowest BCUT2D eigenvalue weighted by molar-refractivity contribution is 0.235. The smallest absolute Gasteiger partial charge is 0.0761 e. The Kier molecular flexibility index (Phi) is 4.91. The number of nitrogens with zero attached hydrogens (tertiary/aromatic N) is 1. The number of hydrogen-bond acceptors (Lipinski definition) is 3. The molecule has 0 saturated heterocycles. The van der Waals surface area contributed by atoms with Crippen LogP contribution in [0.3, 0.4) is 0 Å². The molecule has 0 spiro atoms. The maximum atomic E-state index is 9.65. The number of aliphatic hydroxyl groups is 1. The van der Waals surface area contributed by atoms with Crippen LogP contribution in [-0.4, -0.2) is 22.7 Å². The first-order chi connectivity index (χ1) is 9.17. The molecule has 4 heteroatoms. The van der Waals surface area contributed by atoms with E-state index in [0.29, 0.717) is 6.04 Å². The Bertz CT molecular complexity index is 559. The molecule has 1 aromatic carbocycles. The molecule has 2 rings (SSSR count). The van der Waals surface area contributed by atoms with Crippen LogP contribution >= 0.6 is 15.9 Å².